The highest BCUT2D eigenvalue weighted by atomic mass is 32.2. The zero-order valence-corrected chi connectivity index (χ0v) is 14.3. The van der Waals surface area contributed by atoms with Crippen molar-refractivity contribution in [1.29, 1.82) is 0 Å². The Morgan fingerprint density at radius 2 is 2.10 bits per heavy atom. The van der Waals surface area contributed by atoms with Crippen LogP contribution in [0.5, 0.6) is 0 Å². The van der Waals surface area contributed by atoms with E-state index in [-0.39, 0.29) is 46.8 Å². The number of esters is 1. The van der Waals surface area contributed by atoms with Crippen molar-refractivity contribution in [1.82, 2.24) is 4.90 Å². The lowest BCUT2D eigenvalue weighted by atomic mass is 10.2. The number of amides is 1. The van der Waals surface area contributed by atoms with Crippen LogP contribution in [0.2, 0.25) is 0 Å². The molecule has 1 rings (SSSR count). The quantitative estimate of drug-likeness (QED) is 0.636. The second-order valence-corrected chi connectivity index (χ2v) is 8.79. The topological polar surface area (TPSA) is 80.8 Å². The first-order valence-corrected chi connectivity index (χ1v) is 9.84. The molecule has 1 fully saturated rings. The van der Waals surface area contributed by atoms with Gasteiger partial charge in [0.05, 0.1) is 30.8 Å². The number of hydrogen-bond donors (Lipinski definition) is 0. The van der Waals surface area contributed by atoms with Crippen LogP contribution in [0.3, 0.4) is 0 Å². The molecule has 0 aliphatic carbocycles. The van der Waals surface area contributed by atoms with Gasteiger partial charge in [0.2, 0.25) is 5.91 Å². The molecule has 6 nitrogen and oxygen atoms in total. The second-order valence-electron chi connectivity index (χ2n) is 5.14. The Bertz CT molecular complexity index is 477. The summed E-state index contributed by atoms with van der Waals surface area (Å²) in [5, 5.41) is -0.00702. The maximum Gasteiger partial charge on any atom is 0.306 e. The highest BCUT2D eigenvalue weighted by molar-refractivity contribution is 8.00. The summed E-state index contributed by atoms with van der Waals surface area (Å²) < 4.78 is 27.6. The van der Waals surface area contributed by atoms with E-state index < -0.39 is 9.84 Å². The molecule has 1 aliphatic rings. The minimum absolute atomic E-state index is 0.00702. The molecular weight excluding hydrogens is 314 g/mol. The van der Waals surface area contributed by atoms with Gasteiger partial charge in [0.25, 0.3) is 0 Å². The standard InChI is InChI=1S/C13H23NO5S2/c1-4-14(11-5-6-21(17,18)9-11)12(15)8-20-10(2)7-13(16)19-3/h10-11H,4-9H2,1-3H3. The summed E-state index contributed by atoms with van der Waals surface area (Å²) in [6.07, 6.45) is 0.780. The predicted molar refractivity (Wildman–Crippen MR) is 83.0 cm³/mol. The van der Waals surface area contributed by atoms with Gasteiger partial charge < -0.3 is 9.64 Å². The Morgan fingerprint density at radius 1 is 1.43 bits per heavy atom. The first-order valence-electron chi connectivity index (χ1n) is 6.97. The lowest BCUT2D eigenvalue weighted by Crippen LogP contribution is -2.42. The van der Waals surface area contributed by atoms with E-state index in [4.69, 9.17) is 0 Å². The maximum atomic E-state index is 12.2. The molecule has 8 heteroatoms. The van der Waals surface area contributed by atoms with Crippen LogP contribution < -0.4 is 0 Å². The number of carbonyl (C=O) groups excluding carboxylic acids is 2. The third kappa shape index (κ3) is 5.86. The second kappa shape index (κ2) is 8.03. The molecule has 1 heterocycles. The van der Waals surface area contributed by atoms with E-state index in [1.807, 2.05) is 13.8 Å². The lowest BCUT2D eigenvalue weighted by molar-refractivity contribution is -0.140. The summed E-state index contributed by atoms with van der Waals surface area (Å²) in [6, 6.07) is -0.205. The summed E-state index contributed by atoms with van der Waals surface area (Å²) >= 11 is 1.39. The van der Waals surface area contributed by atoms with Crippen LogP contribution in [0.1, 0.15) is 26.7 Å². The molecule has 1 saturated heterocycles. The van der Waals surface area contributed by atoms with Crippen molar-refractivity contribution in [3.8, 4) is 0 Å². The predicted octanol–water partition coefficient (Wildman–Crippen LogP) is 0.707. The van der Waals surface area contributed by atoms with Crippen molar-refractivity contribution in [2.75, 3.05) is 30.9 Å². The minimum Gasteiger partial charge on any atom is -0.469 e. The molecule has 122 valence electrons. The molecule has 0 aromatic heterocycles. The number of nitrogens with zero attached hydrogens (tertiary/aromatic N) is 1. The van der Waals surface area contributed by atoms with Gasteiger partial charge in [-0.2, -0.15) is 0 Å². The molecule has 1 aliphatic heterocycles. The smallest absolute Gasteiger partial charge is 0.306 e. The van der Waals surface area contributed by atoms with Gasteiger partial charge >= 0.3 is 5.97 Å². The van der Waals surface area contributed by atoms with E-state index in [1.165, 1.54) is 18.9 Å². The molecule has 0 radical (unpaired) electrons. The zero-order valence-electron chi connectivity index (χ0n) is 12.7. The van der Waals surface area contributed by atoms with Crippen molar-refractivity contribution in [3.63, 3.8) is 0 Å². The van der Waals surface area contributed by atoms with Crippen LogP contribution in [0.25, 0.3) is 0 Å². The summed E-state index contributed by atoms with van der Waals surface area (Å²) in [7, 11) is -1.66. The Kier molecular flexibility index (Phi) is 6.99. The zero-order chi connectivity index (χ0) is 16.0. The van der Waals surface area contributed by atoms with Gasteiger partial charge in [-0.3, -0.25) is 9.59 Å². The fourth-order valence-electron chi connectivity index (χ4n) is 2.33. The number of hydrogen-bond acceptors (Lipinski definition) is 6. The molecule has 0 bridgehead atoms. The van der Waals surface area contributed by atoms with Crippen LogP contribution in [0.15, 0.2) is 0 Å². The molecule has 0 saturated carbocycles. The van der Waals surface area contributed by atoms with Gasteiger partial charge in [0.15, 0.2) is 9.84 Å². The molecule has 1 amide bonds. The monoisotopic (exact) mass is 337 g/mol. The molecule has 0 N–H and O–H groups in total. The minimum atomic E-state index is -3.00. The summed E-state index contributed by atoms with van der Waals surface area (Å²) in [6.45, 7) is 4.22. The van der Waals surface area contributed by atoms with E-state index in [9.17, 15) is 18.0 Å². The van der Waals surface area contributed by atoms with E-state index >= 15 is 0 Å². The maximum absolute atomic E-state index is 12.2. The van der Waals surface area contributed by atoms with Gasteiger partial charge in [-0.25, -0.2) is 8.42 Å². The third-order valence-corrected chi connectivity index (χ3v) is 6.38. The average molecular weight is 337 g/mol. The van der Waals surface area contributed by atoms with Crippen molar-refractivity contribution >= 4 is 33.5 Å². The largest absolute Gasteiger partial charge is 0.469 e. The third-order valence-electron chi connectivity index (χ3n) is 3.48. The Labute approximate surface area is 130 Å². The van der Waals surface area contributed by atoms with E-state index in [0.717, 1.165) is 0 Å². The van der Waals surface area contributed by atoms with Crippen LogP contribution in [0, 0.1) is 0 Å². The van der Waals surface area contributed by atoms with Gasteiger partial charge in [-0.05, 0) is 13.3 Å². The molecule has 0 aromatic carbocycles. The average Bonchev–Trinajstić information content (AvgIpc) is 2.77. The molecule has 2 unspecified atom stereocenters. The first kappa shape index (κ1) is 18.3. The van der Waals surface area contributed by atoms with Gasteiger partial charge in [-0.15, -0.1) is 11.8 Å². The number of ether oxygens (including phenoxy) is 1. The Hall–Kier alpha value is -0.760. The van der Waals surface area contributed by atoms with Crippen LogP contribution in [-0.4, -0.2) is 67.4 Å². The Balaban J connectivity index is 2.47. The number of rotatable bonds is 7. The molecule has 0 aromatic rings. The lowest BCUT2D eigenvalue weighted by Gasteiger charge is -2.27. The summed E-state index contributed by atoms with van der Waals surface area (Å²) in [4.78, 5) is 25.0. The number of sulfone groups is 1. The van der Waals surface area contributed by atoms with Gasteiger partial charge in [0.1, 0.15) is 0 Å². The fraction of sp³-hybridized carbons (Fsp3) is 0.846. The van der Waals surface area contributed by atoms with Crippen LogP contribution in [0.4, 0.5) is 0 Å². The van der Waals surface area contributed by atoms with E-state index in [0.29, 0.717) is 13.0 Å². The Morgan fingerprint density at radius 3 is 2.57 bits per heavy atom. The number of carbonyl (C=O) groups is 2. The van der Waals surface area contributed by atoms with Crippen molar-refractivity contribution in [2.45, 2.75) is 38.0 Å². The van der Waals surface area contributed by atoms with E-state index in [1.54, 1.807) is 4.90 Å². The molecule has 2 atom stereocenters. The van der Waals surface area contributed by atoms with E-state index in [2.05, 4.69) is 4.74 Å². The van der Waals surface area contributed by atoms with Crippen molar-refractivity contribution < 1.29 is 22.7 Å². The molecule has 0 spiro atoms. The van der Waals surface area contributed by atoms with Gasteiger partial charge in [-0.1, -0.05) is 6.92 Å². The van der Waals surface area contributed by atoms with Crippen LogP contribution in [-0.2, 0) is 24.2 Å². The SMILES string of the molecule is CCN(C(=O)CSC(C)CC(=O)OC)C1CCS(=O)(=O)C1. The van der Waals surface area contributed by atoms with Crippen LogP contribution >= 0.6 is 11.8 Å². The van der Waals surface area contributed by atoms with Gasteiger partial charge in [0, 0.05) is 17.8 Å². The molecular formula is C13H23NO5S2. The highest BCUT2D eigenvalue weighted by Crippen LogP contribution is 2.20. The summed E-state index contributed by atoms with van der Waals surface area (Å²) in [5.74, 6) is 0.114. The number of thioether (sulfide) groups is 1. The van der Waals surface area contributed by atoms with Crippen molar-refractivity contribution in [2.24, 2.45) is 0 Å². The highest BCUT2D eigenvalue weighted by Gasteiger charge is 2.33. The summed E-state index contributed by atoms with van der Waals surface area (Å²) in [5.41, 5.74) is 0. The molecule has 21 heavy (non-hydrogen) atoms. The first-order chi connectivity index (χ1) is 9.79. The number of methoxy groups -OCH3 is 1. The van der Waals surface area contributed by atoms with Crippen molar-refractivity contribution in [3.05, 3.63) is 0 Å². The normalized spacial score (nSPS) is 21.8. The fourth-order valence-corrected chi connectivity index (χ4v) is 4.91.